The number of likely N-dealkylation sites (tertiary alicyclic amines) is 1. The molecule has 3 N–H and O–H groups in total. The standard InChI is InChI=1S/C9H19NO2.C6H13NO2.C3H6O/c1-7(2)10-5-9(12-3)4-8(10)6-11;1-9-6-2-5(4-8)7-3-6;1-3(2)4/h7-9,11H,4-6H2,1-3H3;5-8H,2-4H2,1H3;1-2H3/t8-,9+;5-,6+;/m00./s1. The number of methoxy groups -OCH3 is 2. The van der Waals surface area contributed by atoms with Gasteiger partial charge in [-0.3, -0.25) is 4.90 Å². The summed E-state index contributed by atoms with van der Waals surface area (Å²) < 4.78 is 10.3. The van der Waals surface area contributed by atoms with Crippen LogP contribution in [0.15, 0.2) is 0 Å². The zero-order chi connectivity index (χ0) is 19.4. The highest BCUT2D eigenvalue weighted by Gasteiger charge is 2.32. The predicted octanol–water partition coefficient (Wildman–Crippen LogP) is 0.427. The van der Waals surface area contributed by atoms with Crippen LogP contribution in [-0.4, -0.2) is 91.8 Å². The van der Waals surface area contributed by atoms with Crippen LogP contribution in [0.2, 0.25) is 0 Å². The first-order valence-electron chi connectivity index (χ1n) is 9.02. The average molecular weight is 363 g/mol. The third-order valence-corrected chi connectivity index (χ3v) is 4.36. The van der Waals surface area contributed by atoms with Gasteiger partial charge >= 0.3 is 0 Å². The van der Waals surface area contributed by atoms with Crippen LogP contribution in [0.25, 0.3) is 0 Å². The highest BCUT2D eigenvalue weighted by molar-refractivity contribution is 5.72. The van der Waals surface area contributed by atoms with Gasteiger partial charge in [-0.05, 0) is 40.5 Å². The summed E-state index contributed by atoms with van der Waals surface area (Å²) >= 11 is 0. The van der Waals surface area contributed by atoms with Crippen molar-refractivity contribution in [3.05, 3.63) is 0 Å². The number of ether oxygens (including phenoxy) is 2. The van der Waals surface area contributed by atoms with E-state index in [2.05, 4.69) is 24.1 Å². The quantitative estimate of drug-likeness (QED) is 0.653. The van der Waals surface area contributed by atoms with Gasteiger partial charge in [0.1, 0.15) is 5.78 Å². The van der Waals surface area contributed by atoms with Gasteiger partial charge in [-0.1, -0.05) is 0 Å². The van der Waals surface area contributed by atoms with Crippen LogP contribution in [0.4, 0.5) is 0 Å². The first kappa shape index (κ1) is 24.4. The molecule has 150 valence electrons. The number of aliphatic hydroxyl groups is 2. The lowest BCUT2D eigenvalue weighted by molar-refractivity contribution is -0.114. The molecule has 0 saturated carbocycles. The van der Waals surface area contributed by atoms with Crippen LogP contribution in [0.5, 0.6) is 0 Å². The Bertz CT molecular complexity index is 340. The minimum atomic E-state index is 0.167. The van der Waals surface area contributed by atoms with Gasteiger partial charge in [0.25, 0.3) is 0 Å². The average Bonchev–Trinajstić information content (AvgIpc) is 3.21. The highest BCUT2D eigenvalue weighted by Crippen LogP contribution is 2.21. The molecule has 0 aliphatic carbocycles. The number of nitrogens with one attached hydrogen (secondary N) is 1. The third kappa shape index (κ3) is 10.2. The topological polar surface area (TPSA) is 91.3 Å². The predicted molar refractivity (Wildman–Crippen MR) is 98.8 cm³/mol. The van der Waals surface area contributed by atoms with Crippen LogP contribution in [0.1, 0.15) is 40.5 Å². The molecular formula is C18H38N2O5. The minimum absolute atomic E-state index is 0.167. The van der Waals surface area contributed by atoms with E-state index in [0.29, 0.717) is 24.3 Å². The molecule has 0 aromatic carbocycles. The van der Waals surface area contributed by atoms with Crippen LogP contribution in [-0.2, 0) is 14.3 Å². The van der Waals surface area contributed by atoms with E-state index in [9.17, 15) is 4.79 Å². The first-order chi connectivity index (χ1) is 11.8. The molecule has 4 atom stereocenters. The molecule has 2 saturated heterocycles. The SMILES string of the molecule is CC(C)=O.CO[C@@H]1C[C@@H](CO)N(C(C)C)C1.CO[C@H]1CN[C@H](CO)C1. The molecule has 2 fully saturated rings. The number of nitrogens with zero attached hydrogens (tertiary/aromatic N) is 1. The normalized spacial score (nSPS) is 29.0. The van der Waals surface area contributed by atoms with Crippen LogP contribution >= 0.6 is 0 Å². The van der Waals surface area contributed by atoms with E-state index in [4.69, 9.17) is 19.7 Å². The van der Waals surface area contributed by atoms with E-state index in [-0.39, 0.29) is 25.0 Å². The maximum Gasteiger partial charge on any atom is 0.126 e. The van der Waals surface area contributed by atoms with Crippen molar-refractivity contribution in [3.8, 4) is 0 Å². The molecular weight excluding hydrogens is 324 g/mol. The molecule has 7 nitrogen and oxygen atoms in total. The number of aliphatic hydroxyl groups excluding tert-OH is 2. The molecule has 0 unspecified atom stereocenters. The molecule has 25 heavy (non-hydrogen) atoms. The van der Waals surface area contributed by atoms with Crippen molar-refractivity contribution in [1.82, 2.24) is 10.2 Å². The first-order valence-corrected chi connectivity index (χ1v) is 9.02. The van der Waals surface area contributed by atoms with Gasteiger partial charge in [0.2, 0.25) is 0 Å². The minimum Gasteiger partial charge on any atom is -0.395 e. The van der Waals surface area contributed by atoms with Crippen molar-refractivity contribution >= 4 is 5.78 Å². The molecule has 0 aromatic rings. The molecule has 0 spiro atoms. The molecule has 2 rings (SSSR count). The molecule has 7 heteroatoms. The second-order valence-electron chi connectivity index (χ2n) is 7.01. The van der Waals surface area contributed by atoms with Crippen molar-refractivity contribution in [2.75, 3.05) is 40.5 Å². The van der Waals surface area contributed by atoms with Crippen molar-refractivity contribution < 1.29 is 24.5 Å². The van der Waals surface area contributed by atoms with Gasteiger partial charge in [-0.2, -0.15) is 0 Å². The summed E-state index contributed by atoms with van der Waals surface area (Å²) in [6.45, 7) is 9.67. The Morgan fingerprint density at radius 2 is 1.68 bits per heavy atom. The van der Waals surface area contributed by atoms with Crippen molar-refractivity contribution in [3.63, 3.8) is 0 Å². The number of carbonyl (C=O) groups is 1. The number of hydrogen-bond acceptors (Lipinski definition) is 7. The Morgan fingerprint density at radius 1 is 1.12 bits per heavy atom. The fourth-order valence-electron chi connectivity index (χ4n) is 2.98. The molecule has 0 amide bonds. The van der Waals surface area contributed by atoms with E-state index >= 15 is 0 Å². The van der Waals surface area contributed by atoms with Crippen LogP contribution < -0.4 is 5.32 Å². The van der Waals surface area contributed by atoms with Gasteiger partial charge in [0.15, 0.2) is 0 Å². The van der Waals surface area contributed by atoms with E-state index < -0.39 is 0 Å². The van der Waals surface area contributed by atoms with E-state index in [1.165, 1.54) is 13.8 Å². The zero-order valence-corrected chi connectivity index (χ0v) is 16.7. The van der Waals surface area contributed by atoms with E-state index in [1.54, 1.807) is 14.2 Å². The van der Waals surface area contributed by atoms with Gasteiger partial charge in [-0.15, -0.1) is 0 Å². The number of ketones is 1. The van der Waals surface area contributed by atoms with Gasteiger partial charge < -0.3 is 29.8 Å². The van der Waals surface area contributed by atoms with Gasteiger partial charge in [0, 0.05) is 45.4 Å². The summed E-state index contributed by atoms with van der Waals surface area (Å²) in [5.74, 6) is 0.167. The Labute approximate surface area is 152 Å². The molecule has 2 heterocycles. The van der Waals surface area contributed by atoms with Crippen LogP contribution in [0.3, 0.4) is 0 Å². The molecule has 2 aliphatic heterocycles. The maximum absolute atomic E-state index is 9.44. The lowest BCUT2D eigenvalue weighted by Crippen LogP contribution is -2.37. The summed E-state index contributed by atoms with van der Waals surface area (Å²) in [5.41, 5.74) is 0. The fourth-order valence-corrected chi connectivity index (χ4v) is 2.98. The maximum atomic E-state index is 9.44. The zero-order valence-electron chi connectivity index (χ0n) is 16.7. The van der Waals surface area contributed by atoms with E-state index in [1.807, 2.05) is 0 Å². The smallest absolute Gasteiger partial charge is 0.126 e. The number of rotatable bonds is 5. The second-order valence-corrected chi connectivity index (χ2v) is 7.01. The summed E-state index contributed by atoms with van der Waals surface area (Å²) in [5, 5.41) is 20.9. The van der Waals surface area contributed by atoms with Gasteiger partial charge in [-0.25, -0.2) is 0 Å². The summed E-state index contributed by atoms with van der Waals surface area (Å²) in [6, 6.07) is 1.06. The van der Waals surface area contributed by atoms with Crippen LogP contribution in [0, 0.1) is 0 Å². The summed E-state index contributed by atoms with van der Waals surface area (Å²) in [6.07, 6.45) is 2.52. The number of carbonyl (C=O) groups excluding carboxylic acids is 1. The number of Topliss-reactive ketones (excluding diaryl/α,β-unsaturated/α-hetero) is 1. The largest absolute Gasteiger partial charge is 0.395 e. The van der Waals surface area contributed by atoms with Gasteiger partial charge in [0.05, 0.1) is 25.4 Å². The second kappa shape index (κ2) is 13.6. The number of hydrogen-bond donors (Lipinski definition) is 3. The lowest BCUT2D eigenvalue weighted by Gasteiger charge is -2.26. The summed E-state index contributed by atoms with van der Waals surface area (Å²) in [4.78, 5) is 11.7. The Kier molecular flexibility index (Phi) is 13.3. The van der Waals surface area contributed by atoms with Crippen molar-refractivity contribution in [2.45, 2.75) is 70.9 Å². The Morgan fingerprint density at radius 3 is 1.96 bits per heavy atom. The fraction of sp³-hybridized carbons (Fsp3) is 0.944. The highest BCUT2D eigenvalue weighted by atomic mass is 16.5. The van der Waals surface area contributed by atoms with E-state index in [0.717, 1.165) is 25.9 Å². The molecule has 0 radical (unpaired) electrons. The summed E-state index contributed by atoms with van der Waals surface area (Å²) in [7, 11) is 3.44. The monoisotopic (exact) mass is 362 g/mol. The molecule has 0 aromatic heterocycles. The van der Waals surface area contributed by atoms with Crippen molar-refractivity contribution in [2.24, 2.45) is 0 Å². The molecule has 2 aliphatic rings. The lowest BCUT2D eigenvalue weighted by atomic mass is 10.2. The third-order valence-electron chi connectivity index (χ3n) is 4.36. The Balaban J connectivity index is 0.000000391. The molecule has 0 bridgehead atoms. The van der Waals surface area contributed by atoms with Crippen molar-refractivity contribution in [1.29, 1.82) is 0 Å². The Hall–Kier alpha value is -0.570.